The molecule has 200 valence electrons. The lowest BCUT2D eigenvalue weighted by molar-refractivity contribution is 0.384. The van der Waals surface area contributed by atoms with Crippen molar-refractivity contribution in [1.82, 2.24) is 4.98 Å². The molecule has 1 unspecified atom stereocenters. The molecule has 1 aromatic heterocycles. The molecule has 1 aliphatic heterocycles. The number of nitrogens with two attached hydrogens (primary N) is 1. The Bertz CT molecular complexity index is 1750. The molecule has 0 bridgehead atoms. The molecule has 3 aromatic carbocycles. The minimum atomic E-state index is -3.80. The summed E-state index contributed by atoms with van der Waals surface area (Å²) in [5.74, 6) is 0.704. The molecule has 0 aliphatic carbocycles. The summed E-state index contributed by atoms with van der Waals surface area (Å²) in [7, 11) is -2.21. The molecule has 4 aromatic rings. The SMILES string of the molecule is COc1ccc(C2C(C#N)=C(N=C/C=C/c3ccccc3)Oc3nc(Nc4ccc(S(N)(=O)=O)cc4)sc32)cc1. The first kappa shape index (κ1) is 26.8. The van der Waals surface area contributed by atoms with Crippen LogP contribution in [0.3, 0.4) is 0 Å². The van der Waals surface area contributed by atoms with E-state index in [1.165, 1.54) is 23.5 Å². The van der Waals surface area contributed by atoms with E-state index < -0.39 is 15.9 Å². The predicted octanol–water partition coefficient (Wildman–Crippen LogP) is 5.59. The molecule has 40 heavy (non-hydrogen) atoms. The van der Waals surface area contributed by atoms with Crippen LogP contribution in [0.2, 0.25) is 0 Å². The molecule has 0 saturated carbocycles. The van der Waals surface area contributed by atoms with Gasteiger partial charge in [-0.25, -0.2) is 18.5 Å². The van der Waals surface area contributed by atoms with E-state index >= 15 is 0 Å². The highest BCUT2D eigenvalue weighted by atomic mass is 32.2. The third kappa shape index (κ3) is 5.94. The van der Waals surface area contributed by atoms with Gasteiger partial charge in [-0.05, 0) is 53.6 Å². The number of nitriles is 1. The molecule has 0 fully saturated rings. The molecular weight excluding hydrogens is 546 g/mol. The molecule has 2 heterocycles. The standard InChI is InChI=1S/C29H23N5O4S2/c1-37-22-13-9-20(10-14-22)25-24(18-30)27(32-17-5-8-19-6-3-2-4-7-19)38-28-26(25)39-29(34-28)33-21-11-15-23(16-12-21)40(31,35)36/h2-17,25H,1H3,(H,33,34)(H2,31,35,36)/b8-5+,32-17?. The van der Waals surface area contributed by atoms with Crippen LogP contribution in [0.15, 0.2) is 106 Å². The molecule has 3 N–H and O–H groups in total. The van der Waals surface area contributed by atoms with Crippen LogP contribution < -0.4 is 19.9 Å². The second kappa shape index (κ2) is 11.5. The van der Waals surface area contributed by atoms with E-state index in [1.54, 1.807) is 31.5 Å². The van der Waals surface area contributed by atoms with Crippen LogP contribution in [0.5, 0.6) is 11.6 Å². The monoisotopic (exact) mass is 569 g/mol. The number of aromatic nitrogens is 1. The van der Waals surface area contributed by atoms with Crippen molar-refractivity contribution in [2.75, 3.05) is 12.4 Å². The van der Waals surface area contributed by atoms with E-state index in [1.807, 2.05) is 60.7 Å². The Morgan fingerprint density at radius 3 is 2.48 bits per heavy atom. The van der Waals surface area contributed by atoms with Crippen LogP contribution in [-0.4, -0.2) is 26.7 Å². The van der Waals surface area contributed by atoms with Crippen molar-refractivity contribution in [3.63, 3.8) is 0 Å². The highest BCUT2D eigenvalue weighted by molar-refractivity contribution is 7.89. The molecule has 11 heteroatoms. The molecule has 5 rings (SSSR count). The van der Waals surface area contributed by atoms with Crippen molar-refractivity contribution < 1.29 is 17.9 Å². The zero-order chi connectivity index (χ0) is 28.1. The van der Waals surface area contributed by atoms with Gasteiger partial charge in [0.25, 0.3) is 0 Å². The third-order valence-electron chi connectivity index (χ3n) is 5.96. The molecule has 1 atom stereocenters. The summed E-state index contributed by atoms with van der Waals surface area (Å²) in [6.07, 6.45) is 5.25. The van der Waals surface area contributed by atoms with E-state index in [9.17, 15) is 13.7 Å². The predicted molar refractivity (Wildman–Crippen MR) is 155 cm³/mol. The number of nitrogens with one attached hydrogen (secondary N) is 1. The quantitative estimate of drug-likeness (QED) is 0.264. The number of anilines is 2. The van der Waals surface area contributed by atoms with Gasteiger partial charge >= 0.3 is 0 Å². The summed E-state index contributed by atoms with van der Waals surface area (Å²) in [6.45, 7) is 0. The average Bonchev–Trinajstić information content (AvgIpc) is 3.36. The Morgan fingerprint density at radius 1 is 1.10 bits per heavy atom. The summed E-state index contributed by atoms with van der Waals surface area (Å²) in [6, 6.07) is 25.5. The van der Waals surface area contributed by atoms with Crippen LogP contribution in [-0.2, 0) is 10.0 Å². The first-order chi connectivity index (χ1) is 19.4. The zero-order valence-corrected chi connectivity index (χ0v) is 22.8. The lowest BCUT2D eigenvalue weighted by Crippen LogP contribution is -2.14. The van der Waals surface area contributed by atoms with E-state index in [0.717, 1.165) is 16.0 Å². The lowest BCUT2D eigenvalue weighted by atomic mass is 9.89. The summed E-state index contributed by atoms with van der Waals surface area (Å²) in [5, 5.41) is 19.1. The van der Waals surface area contributed by atoms with Crippen molar-refractivity contribution in [1.29, 1.82) is 5.26 Å². The van der Waals surface area contributed by atoms with E-state index in [2.05, 4.69) is 21.4 Å². The molecule has 9 nitrogen and oxygen atoms in total. The summed E-state index contributed by atoms with van der Waals surface area (Å²) < 4.78 is 34.5. The highest BCUT2D eigenvalue weighted by Crippen LogP contribution is 2.47. The second-order valence-corrected chi connectivity index (χ2v) is 11.2. The number of sulfonamides is 1. The van der Waals surface area contributed by atoms with Gasteiger partial charge < -0.3 is 14.8 Å². The minimum absolute atomic E-state index is 0.00562. The van der Waals surface area contributed by atoms with Gasteiger partial charge in [-0.1, -0.05) is 59.9 Å². The van der Waals surface area contributed by atoms with E-state index in [-0.39, 0.29) is 10.8 Å². The number of allylic oxidation sites excluding steroid dienone is 2. The Balaban J connectivity index is 1.49. The molecule has 0 amide bonds. The minimum Gasteiger partial charge on any atom is -0.497 e. The number of hydrogen-bond donors (Lipinski definition) is 2. The lowest BCUT2D eigenvalue weighted by Gasteiger charge is -2.22. The van der Waals surface area contributed by atoms with Gasteiger partial charge in [0.05, 0.1) is 22.8 Å². The molecule has 0 spiro atoms. The van der Waals surface area contributed by atoms with Gasteiger partial charge in [0, 0.05) is 11.9 Å². The van der Waals surface area contributed by atoms with Gasteiger partial charge in [0.1, 0.15) is 17.4 Å². The fourth-order valence-electron chi connectivity index (χ4n) is 4.03. The van der Waals surface area contributed by atoms with Crippen LogP contribution >= 0.6 is 11.3 Å². The van der Waals surface area contributed by atoms with Crippen molar-refractivity contribution in [3.8, 4) is 17.7 Å². The average molecular weight is 570 g/mol. The Labute approximate surface area is 235 Å². The Hall–Kier alpha value is -4.76. The maximum Gasteiger partial charge on any atom is 0.238 e. The van der Waals surface area contributed by atoms with Crippen LogP contribution in [0, 0.1) is 11.3 Å². The number of primary sulfonamides is 1. The largest absolute Gasteiger partial charge is 0.497 e. The number of ether oxygens (including phenoxy) is 2. The smallest absolute Gasteiger partial charge is 0.238 e. The fraction of sp³-hybridized carbons (Fsp3) is 0.0690. The maximum atomic E-state index is 11.6. The Kier molecular flexibility index (Phi) is 7.75. The van der Waals surface area contributed by atoms with E-state index in [0.29, 0.717) is 28.0 Å². The van der Waals surface area contributed by atoms with E-state index in [4.69, 9.17) is 14.6 Å². The van der Waals surface area contributed by atoms with Gasteiger partial charge in [0.15, 0.2) is 5.13 Å². The van der Waals surface area contributed by atoms with Crippen molar-refractivity contribution in [2.45, 2.75) is 10.8 Å². The number of hydrogen-bond acceptors (Lipinski definition) is 9. The molecule has 0 saturated heterocycles. The van der Waals surface area contributed by atoms with Gasteiger partial charge in [0.2, 0.25) is 21.8 Å². The first-order valence-electron chi connectivity index (χ1n) is 12.0. The number of benzene rings is 3. The zero-order valence-electron chi connectivity index (χ0n) is 21.2. The molecular formula is C29H23N5O4S2. The molecule has 0 radical (unpaired) electrons. The summed E-state index contributed by atoms with van der Waals surface area (Å²) in [5.41, 5.74) is 2.81. The van der Waals surface area contributed by atoms with Gasteiger partial charge in [-0.15, -0.1) is 0 Å². The summed E-state index contributed by atoms with van der Waals surface area (Å²) >= 11 is 1.33. The number of fused-ring (bicyclic) bond motifs is 1. The number of rotatable bonds is 8. The first-order valence-corrected chi connectivity index (χ1v) is 14.3. The number of methoxy groups -OCH3 is 1. The fourth-order valence-corrected chi connectivity index (χ4v) is 5.60. The van der Waals surface area contributed by atoms with Crippen LogP contribution in [0.25, 0.3) is 6.08 Å². The van der Waals surface area contributed by atoms with Crippen molar-refractivity contribution in [3.05, 3.63) is 112 Å². The summed E-state index contributed by atoms with van der Waals surface area (Å²) in [4.78, 5) is 9.79. The van der Waals surface area contributed by atoms with Gasteiger partial charge in [-0.3, -0.25) is 0 Å². The second-order valence-electron chi connectivity index (χ2n) is 8.57. The third-order valence-corrected chi connectivity index (χ3v) is 7.91. The van der Waals surface area contributed by atoms with Crippen molar-refractivity contribution in [2.24, 2.45) is 10.1 Å². The number of nitrogens with zero attached hydrogens (tertiary/aromatic N) is 3. The Morgan fingerprint density at radius 2 is 1.82 bits per heavy atom. The number of thiazole rings is 1. The highest BCUT2D eigenvalue weighted by Gasteiger charge is 2.35. The van der Waals surface area contributed by atoms with Crippen LogP contribution in [0.4, 0.5) is 10.8 Å². The topological polar surface area (TPSA) is 140 Å². The maximum absolute atomic E-state index is 11.6. The number of aliphatic imine (C=N–C) groups is 1. The van der Waals surface area contributed by atoms with Crippen LogP contribution in [0.1, 0.15) is 21.9 Å². The van der Waals surface area contributed by atoms with Crippen molar-refractivity contribution >= 4 is 44.5 Å². The molecule has 1 aliphatic rings. The normalized spacial score (nSPS) is 15.1. The van der Waals surface area contributed by atoms with Gasteiger partial charge in [-0.2, -0.15) is 10.2 Å².